The van der Waals surface area contributed by atoms with Gasteiger partial charge < -0.3 is 5.32 Å². The van der Waals surface area contributed by atoms with Gasteiger partial charge in [-0.05, 0) is 24.3 Å². The molecule has 0 aliphatic heterocycles. The van der Waals surface area contributed by atoms with Gasteiger partial charge in [-0.2, -0.15) is 5.26 Å². The van der Waals surface area contributed by atoms with Crippen LogP contribution in [-0.4, -0.2) is 5.91 Å². The Balaban J connectivity index is 1.99. The van der Waals surface area contributed by atoms with Gasteiger partial charge >= 0.3 is 0 Å². The second kappa shape index (κ2) is 5.13. The molecule has 1 heterocycles. The molecule has 0 aromatic carbocycles. The smallest absolute Gasteiger partial charge is 0.228 e. The van der Waals surface area contributed by atoms with Gasteiger partial charge in [0.05, 0.1) is 5.56 Å². The Morgan fingerprint density at radius 3 is 2.88 bits per heavy atom. The standard InChI is InChI=1S/C12H14N2OS/c13-8-10-6-7-16-12(10)14-11(15)9-4-2-1-3-5-9/h6-7,9H,1-5H2,(H,14,15). The third kappa shape index (κ3) is 2.42. The Bertz CT molecular complexity index is 413. The van der Waals surface area contributed by atoms with Crippen LogP contribution in [0.3, 0.4) is 0 Å². The predicted molar refractivity (Wildman–Crippen MR) is 64.2 cm³/mol. The predicted octanol–water partition coefficient (Wildman–Crippen LogP) is 3.14. The van der Waals surface area contributed by atoms with E-state index in [9.17, 15) is 4.79 Å². The topological polar surface area (TPSA) is 52.9 Å². The summed E-state index contributed by atoms with van der Waals surface area (Å²) in [6.45, 7) is 0. The SMILES string of the molecule is N#Cc1ccsc1NC(=O)C1CCCCC1. The molecule has 0 saturated heterocycles. The lowest BCUT2D eigenvalue weighted by atomic mass is 9.89. The van der Waals surface area contributed by atoms with E-state index in [0.717, 1.165) is 25.7 Å². The minimum Gasteiger partial charge on any atom is -0.316 e. The summed E-state index contributed by atoms with van der Waals surface area (Å²) in [4.78, 5) is 11.9. The zero-order chi connectivity index (χ0) is 11.4. The second-order valence-corrected chi connectivity index (χ2v) is 5.02. The lowest BCUT2D eigenvalue weighted by Gasteiger charge is -2.20. The number of hydrogen-bond donors (Lipinski definition) is 1. The Labute approximate surface area is 99.1 Å². The van der Waals surface area contributed by atoms with E-state index in [1.165, 1.54) is 17.8 Å². The summed E-state index contributed by atoms with van der Waals surface area (Å²) < 4.78 is 0. The molecule has 2 rings (SSSR count). The number of nitriles is 1. The van der Waals surface area contributed by atoms with E-state index in [1.54, 1.807) is 6.07 Å². The molecular formula is C12H14N2OS. The molecular weight excluding hydrogens is 220 g/mol. The maximum Gasteiger partial charge on any atom is 0.228 e. The lowest BCUT2D eigenvalue weighted by Crippen LogP contribution is -2.24. The fourth-order valence-corrected chi connectivity index (χ4v) is 2.81. The van der Waals surface area contributed by atoms with E-state index < -0.39 is 0 Å². The molecule has 0 bridgehead atoms. The number of thiophene rings is 1. The Morgan fingerprint density at radius 1 is 1.44 bits per heavy atom. The Morgan fingerprint density at radius 2 is 2.19 bits per heavy atom. The molecule has 1 aliphatic rings. The van der Waals surface area contributed by atoms with E-state index in [4.69, 9.17) is 5.26 Å². The van der Waals surface area contributed by atoms with Gasteiger partial charge in [0, 0.05) is 5.92 Å². The monoisotopic (exact) mass is 234 g/mol. The van der Waals surface area contributed by atoms with Crippen molar-refractivity contribution in [1.29, 1.82) is 5.26 Å². The molecule has 1 aliphatic carbocycles. The first-order chi connectivity index (χ1) is 7.81. The van der Waals surface area contributed by atoms with Crippen molar-refractivity contribution in [3.05, 3.63) is 17.0 Å². The number of carbonyl (C=O) groups excluding carboxylic acids is 1. The van der Waals surface area contributed by atoms with Crippen LogP contribution in [0, 0.1) is 17.2 Å². The van der Waals surface area contributed by atoms with Crippen LogP contribution in [0.5, 0.6) is 0 Å². The van der Waals surface area contributed by atoms with Gasteiger partial charge in [0.2, 0.25) is 5.91 Å². The van der Waals surface area contributed by atoms with Crippen LogP contribution >= 0.6 is 11.3 Å². The summed E-state index contributed by atoms with van der Waals surface area (Å²) in [5, 5.41) is 14.2. The number of nitrogens with one attached hydrogen (secondary N) is 1. The highest BCUT2D eigenvalue weighted by molar-refractivity contribution is 7.14. The quantitative estimate of drug-likeness (QED) is 0.854. The number of nitrogens with zero attached hydrogens (tertiary/aromatic N) is 1. The number of anilines is 1. The molecule has 0 spiro atoms. The minimum atomic E-state index is 0.0821. The lowest BCUT2D eigenvalue weighted by molar-refractivity contribution is -0.120. The third-order valence-electron chi connectivity index (χ3n) is 3.00. The first kappa shape index (κ1) is 11.2. The first-order valence-electron chi connectivity index (χ1n) is 5.59. The molecule has 1 saturated carbocycles. The highest BCUT2D eigenvalue weighted by Gasteiger charge is 2.21. The van der Waals surface area contributed by atoms with E-state index in [2.05, 4.69) is 11.4 Å². The average Bonchev–Trinajstić information content (AvgIpc) is 2.77. The van der Waals surface area contributed by atoms with E-state index in [0.29, 0.717) is 10.6 Å². The summed E-state index contributed by atoms with van der Waals surface area (Å²) in [7, 11) is 0. The average molecular weight is 234 g/mol. The molecule has 0 atom stereocenters. The molecule has 1 N–H and O–H groups in total. The molecule has 0 radical (unpaired) electrons. The summed E-state index contributed by atoms with van der Waals surface area (Å²) >= 11 is 1.41. The zero-order valence-corrected chi connectivity index (χ0v) is 9.85. The van der Waals surface area contributed by atoms with Crippen LogP contribution in [0.4, 0.5) is 5.00 Å². The number of amides is 1. The van der Waals surface area contributed by atoms with Crippen LogP contribution < -0.4 is 5.32 Å². The molecule has 1 amide bonds. The Hall–Kier alpha value is -1.34. The van der Waals surface area contributed by atoms with Crippen LogP contribution in [-0.2, 0) is 4.79 Å². The van der Waals surface area contributed by atoms with Crippen molar-refractivity contribution in [2.24, 2.45) is 5.92 Å². The van der Waals surface area contributed by atoms with E-state index in [1.807, 2.05) is 5.38 Å². The largest absolute Gasteiger partial charge is 0.316 e. The fraction of sp³-hybridized carbons (Fsp3) is 0.500. The highest BCUT2D eigenvalue weighted by atomic mass is 32.1. The molecule has 1 fully saturated rings. The number of rotatable bonds is 2. The van der Waals surface area contributed by atoms with Gasteiger partial charge in [-0.1, -0.05) is 19.3 Å². The maximum atomic E-state index is 11.9. The van der Waals surface area contributed by atoms with Gasteiger partial charge in [0.25, 0.3) is 0 Å². The van der Waals surface area contributed by atoms with E-state index >= 15 is 0 Å². The van der Waals surface area contributed by atoms with Crippen molar-refractivity contribution in [3.63, 3.8) is 0 Å². The summed E-state index contributed by atoms with van der Waals surface area (Å²) in [6.07, 6.45) is 5.51. The van der Waals surface area contributed by atoms with Crippen molar-refractivity contribution in [3.8, 4) is 6.07 Å². The van der Waals surface area contributed by atoms with Crippen molar-refractivity contribution >= 4 is 22.2 Å². The van der Waals surface area contributed by atoms with Crippen molar-refractivity contribution < 1.29 is 4.79 Å². The zero-order valence-electron chi connectivity index (χ0n) is 9.03. The van der Waals surface area contributed by atoms with Crippen molar-refractivity contribution in [1.82, 2.24) is 0 Å². The molecule has 0 unspecified atom stereocenters. The van der Waals surface area contributed by atoms with Crippen LogP contribution in [0.25, 0.3) is 0 Å². The second-order valence-electron chi connectivity index (χ2n) is 4.10. The molecule has 16 heavy (non-hydrogen) atoms. The molecule has 1 aromatic rings. The first-order valence-corrected chi connectivity index (χ1v) is 6.47. The van der Waals surface area contributed by atoms with Crippen LogP contribution in [0.1, 0.15) is 37.7 Å². The molecule has 4 heteroatoms. The van der Waals surface area contributed by atoms with Crippen LogP contribution in [0.15, 0.2) is 11.4 Å². The summed E-state index contributed by atoms with van der Waals surface area (Å²) in [6, 6.07) is 3.82. The van der Waals surface area contributed by atoms with Gasteiger partial charge in [-0.25, -0.2) is 0 Å². The fourth-order valence-electron chi connectivity index (χ4n) is 2.07. The highest BCUT2D eigenvalue weighted by Crippen LogP contribution is 2.27. The summed E-state index contributed by atoms with van der Waals surface area (Å²) in [5.74, 6) is 0.223. The molecule has 1 aromatic heterocycles. The number of carbonyl (C=O) groups is 1. The third-order valence-corrected chi connectivity index (χ3v) is 3.83. The van der Waals surface area contributed by atoms with Gasteiger partial charge in [-0.3, -0.25) is 4.79 Å². The van der Waals surface area contributed by atoms with Crippen molar-refractivity contribution in [2.45, 2.75) is 32.1 Å². The molecule has 84 valence electrons. The Kier molecular flexibility index (Phi) is 3.58. The maximum absolute atomic E-state index is 11.9. The summed E-state index contributed by atoms with van der Waals surface area (Å²) in [5.41, 5.74) is 0.564. The minimum absolute atomic E-state index is 0.0821. The normalized spacial score (nSPS) is 16.7. The van der Waals surface area contributed by atoms with E-state index in [-0.39, 0.29) is 11.8 Å². The number of hydrogen-bond acceptors (Lipinski definition) is 3. The van der Waals surface area contributed by atoms with Crippen LogP contribution in [0.2, 0.25) is 0 Å². The van der Waals surface area contributed by atoms with Crippen molar-refractivity contribution in [2.75, 3.05) is 5.32 Å². The van der Waals surface area contributed by atoms with Gasteiger partial charge in [0.1, 0.15) is 11.1 Å². The van der Waals surface area contributed by atoms with Gasteiger partial charge in [-0.15, -0.1) is 11.3 Å². The molecule has 3 nitrogen and oxygen atoms in total. The van der Waals surface area contributed by atoms with Gasteiger partial charge in [0.15, 0.2) is 0 Å².